The van der Waals surface area contributed by atoms with Crippen molar-refractivity contribution >= 4 is 34.5 Å². The minimum absolute atomic E-state index is 0.382. The minimum Gasteiger partial charge on any atom is -0.484 e. The van der Waals surface area contributed by atoms with E-state index < -0.39 is 6.10 Å². The first-order chi connectivity index (χ1) is 14.0. The molecular formula is C20H24ClN5O3. The van der Waals surface area contributed by atoms with E-state index in [9.17, 15) is 5.11 Å². The Morgan fingerprint density at radius 3 is 2.90 bits per heavy atom. The van der Waals surface area contributed by atoms with Crippen molar-refractivity contribution in [2.75, 3.05) is 44.0 Å². The normalized spacial score (nSPS) is 18.6. The molecule has 0 aromatic carbocycles. The third-order valence-electron chi connectivity index (χ3n) is 4.77. The molecule has 0 saturated carbocycles. The summed E-state index contributed by atoms with van der Waals surface area (Å²) in [6.07, 6.45) is 1.96. The van der Waals surface area contributed by atoms with Crippen LogP contribution in [-0.2, 0) is 0 Å². The summed E-state index contributed by atoms with van der Waals surface area (Å²) in [6.45, 7) is 3.91. The van der Waals surface area contributed by atoms with Crippen LogP contribution in [0.5, 0.6) is 11.6 Å². The quantitative estimate of drug-likeness (QED) is 0.602. The molecule has 29 heavy (non-hydrogen) atoms. The second kappa shape index (κ2) is 8.44. The molecule has 0 aliphatic carbocycles. The van der Waals surface area contributed by atoms with Crippen LogP contribution in [0.3, 0.4) is 0 Å². The lowest BCUT2D eigenvalue weighted by atomic mass is 9.99. The second-order valence-electron chi connectivity index (χ2n) is 6.98. The van der Waals surface area contributed by atoms with Crippen molar-refractivity contribution in [3.05, 3.63) is 34.5 Å². The van der Waals surface area contributed by atoms with E-state index in [1.54, 1.807) is 0 Å². The summed E-state index contributed by atoms with van der Waals surface area (Å²) in [6, 6.07) is 3.82. The number of aromatic nitrogens is 2. The van der Waals surface area contributed by atoms with E-state index in [2.05, 4.69) is 25.9 Å². The predicted molar refractivity (Wildman–Crippen MR) is 114 cm³/mol. The number of aliphatic hydroxyl groups excluding tert-OH is 1. The Morgan fingerprint density at radius 2 is 2.07 bits per heavy atom. The van der Waals surface area contributed by atoms with Gasteiger partial charge in [0.05, 0.1) is 11.1 Å². The van der Waals surface area contributed by atoms with E-state index in [1.165, 1.54) is 0 Å². The zero-order chi connectivity index (χ0) is 20.4. The average molecular weight is 418 g/mol. The van der Waals surface area contributed by atoms with Gasteiger partial charge in [0, 0.05) is 49.6 Å². The van der Waals surface area contributed by atoms with Gasteiger partial charge >= 0.3 is 0 Å². The fourth-order valence-corrected chi connectivity index (χ4v) is 3.76. The van der Waals surface area contributed by atoms with Crippen molar-refractivity contribution in [1.29, 1.82) is 0 Å². The number of anilines is 3. The van der Waals surface area contributed by atoms with Gasteiger partial charge in [0.1, 0.15) is 19.0 Å². The highest BCUT2D eigenvalue weighted by atomic mass is 35.5. The number of hydrogen-bond donors (Lipinski definition) is 4. The van der Waals surface area contributed by atoms with Crippen molar-refractivity contribution in [3.63, 3.8) is 0 Å². The molecule has 0 saturated heterocycles. The summed E-state index contributed by atoms with van der Waals surface area (Å²) in [5, 5.41) is 20.1. The van der Waals surface area contributed by atoms with Gasteiger partial charge in [-0.05, 0) is 18.6 Å². The highest BCUT2D eigenvalue weighted by Gasteiger charge is 2.28. The number of nitrogens with one attached hydrogen (secondary N) is 3. The SMILES string of the molecule is CNc1cc(C)nc(Nc2nc3c(c(C4=CCNC[C@@H](O)C4)c2Cl)OCCO3)c1. The fraction of sp³-hybridized carbons (Fsp3) is 0.400. The van der Waals surface area contributed by atoms with E-state index in [1.807, 2.05) is 32.2 Å². The van der Waals surface area contributed by atoms with Crippen LogP contribution in [0.15, 0.2) is 18.2 Å². The average Bonchev–Trinajstić information content (AvgIpc) is 2.92. The Balaban J connectivity index is 1.79. The van der Waals surface area contributed by atoms with Gasteiger partial charge in [-0.25, -0.2) is 4.98 Å². The van der Waals surface area contributed by atoms with E-state index in [4.69, 9.17) is 21.1 Å². The van der Waals surface area contributed by atoms with Crippen molar-refractivity contribution in [3.8, 4) is 11.6 Å². The molecule has 0 fully saturated rings. The maximum absolute atomic E-state index is 10.2. The first kappa shape index (κ1) is 19.8. The summed E-state index contributed by atoms with van der Waals surface area (Å²) < 4.78 is 11.6. The number of fused-ring (bicyclic) bond motifs is 1. The zero-order valence-corrected chi connectivity index (χ0v) is 17.1. The molecular weight excluding hydrogens is 394 g/mol. The molecule has 2 aliphatic heterocycles. The molecule has 2 aromatic rings. The predicted octanol–water partition coefficient (Wildman–Crippen LogP) is 2.73. The Bertz CT molecular complexity index is 950. The summed E-state index contributed by atoms with van der Waals surface area (Å²) in [5.41, 5.74) is 3.37. The van der Waals surface area contributed by atoms with Crippen molar-refractivity contribution in [2.24, 2.45) is 0 Å². The molecule has 1 atom stereocenters. The van der Waals surface area contributed by atoms with Crippen LogP contribution < -0.4 is 25.4 Å². The van der Waals surface area contributed by atoms with E-state index in [-0.39, 0.29) is 0 Å². The summed E-state index contributed by atoms with van der Waals surface area (Å²) >= 11 is 6.80. The largest absolute Gasteiger partial charge is 0.484 e. The molecule has 0 unspecified atom stereocenters. The maximum Gasteiger partial charge on any atom is 0.259 e. The fourth-order valence-electron chi connectivity index (χ4n) is 3.47. The minimum atomic E-state index is -0.513. The molecule has 154 valence electrons. The number of ether oxygens (including phenoxy) is 2. The molecule has 8 nitrogen and oxygen atoms in total. The Morgan fingerprint density at radius 1 is 1.24 bits per heavy atom. The number of aryl methyl sites for hydroxylation is 1. The molecule has 0 bridgehead atoms. The summed E-state index contributed by atoms with van der Waals surface area (Å²) in [4.78, 5) is 9.05. The molecule has 0 amide bonds. The number of aliphatic hydroxyl groups is 1. The van der Waals surface area contributed by atoms with Gasteiger partial charge < -0.3 is 30.5 Å². The monoisotopic (exact) mass is 417 g/mol. The van der Waals surface area contributed by atoms with Gasteiger partial charge in [-0.3, -0.25) is 0 Å². The van der Waals surface area contributed by atoms with Gasteiger partial charge in [0.25, 0.3) is 5.88 Å². The van der Waals surface area contributed by atoms with Crippen LogP contribution in [0, 0.1) is 6.92 Å². The molecule has 4 heterocycles. The van der Waals surface area contributed by atoms with Crippen molar-refractivity contribution in [1.82, 2.24) is 15.3 Å². The standard InChI is InChI=1S/C20H24ClN5O3/c1-11-7-13(22-2)9-15(24-11)25-19-17(21)16(12-3-4-23-10-14(27)8-12)18-20(26-19)29-6-5-28-18/h3,7,9,14,23,27H,4-6,8,10H2,1-2H3,(H2,22,24,25,26)/t14-/m0/s1. The van der Waals surface area contributed by atoms with Crippen LogP contribution >= 0.6 is 11.6 Å². The molecule has 2 aromatic heterocycles. The Hall–Kier alpha value is -2.55. The van der Waals surface area contributed by atoms with Gasteiger partial charge in [-0.1, -0.05) is 17.7 Å². The van der Waals surface area contributed by atoms with Crippen LogP contribution in [0.4, 0.5) is 17.3 Å². The number of pyridine rings is 2. The lowest BCUT2D eigenvalue weighted by Crippen LogP contribution is -2.24. The van der Waals surface area contributed by atoms with Crippen molar-refractivity contribution < 1.29 is 14.6 Å². The Kier molecular flexibility index (Phi) is 5.75. The van der Waals surface area contributed by atoms with Crippen LogP contribution in [0.25, 0.3) is 5.57 Å². The van der Waals surface area contributed by atoms with Crippen LogP contribution in [-0.4, -0.2) is 54.5 Å². The second-order valence-corrected chi connectivity index (χ2v) is 7.36. The van der Waals surface area contributed by atoms with Gasteiger partial charge in [-0.2, -0.15) is 4.98 Å². The van der Waals surface area contributed by atoms with Gasteiger partial charge in [0.2, 0.25) is 0 Å². The third-order valence-corrected chi connectivity index (χ3v) is 5.14. The Labute approximate surface area is 174 Å². The van der Waals surface area contributed by atoms with Gasteiger partial charge in [0.15, 0.2) is 11.6 Å². The highest BCUT2D eigenvalue weighted by Crippen LogP contribution is 2.45. The number of halogens is 1. The molecule has 4 rings (SSSR count). The zero-order valence-electron chi connectivity index (χ0n) is 16.4. The molecule has 2 aliphatic rings. The van der Waals surface area contributed by atoms with E-state index >= 15 is 0 Å². The molecule has 4 N–H and O–H groups in total. The maximum atomic E-state index is 10.2. The van der Waals surface area contributed by atoms with Crippen molar-refractivity contribution in [2.45, 2.75) is 19.4 Å². The third kappa shape index (κ3) is 4.24. The van der Waals surface area contributed by atoms with E-state index in [0.29, 0.717) is 66.6 Å². The highest BCUT2D eigenvalue weighted by molar-refractivity contribution is 6.35. The topological polar surface area (TPSA) is 101 Å². The number of nitrogens with zero attached hydrogens (tertiary/aromatic N) is 2. The number of rotatable bonds is 4. The van der Waals surface area contributed by atoms with Gasteiger partial charge in [-0.15, -0.1) is 0 Å². The molecule has 0 radical (unpaired) electrons. The van der Waals surface area contributed by atoms with E-state index in [0.717, 1.165) is 17.0 Å². The smallest absolute Gasteiger partial charge is 0.259 e. The summed E-state index contributed by atoms with van der Waals surface area (Å²) in [7, 11) is 1.85. The summed E-state index contributed by atoms with van der Waals surface area (Å²) in [5.74, 6) is 1.94. The number of hydrogen-bond acceptors (Lipinski definition) is 8. The first-order valence-corrected chi connectivity index (χ1v) is 9.93. The molecule has 0 spiro atoms. The van der Waals surface area contributed by atoms with Crippen LogP contribution in [0.2, 0.25) is 5.02 Å². The molecule has 9 heteroatoms. The number of β-amino-alcohol motifs (C(OH)–C–C–N with tert-alkyl or cyclic N) is 1. The van der Waals surface area contributed by atoms with Crippen LogP contribution in [0.1, 0.15) is 17.7 Å². The lowest BCUT2D eigenvalue weighted by Gasteiger charge is -2.24. The lowest BCUT2D eigenvalue weighted by molar-refractivity contribution is 0.163. The first-order valence-electron chi connectivity index (χ1n) is 9.56.